The van der Waals surface area contributed by atoms with Gasteiger partial charge in [0.15, 0.2) is 0 Å². The number of aliphatic hydroxyl groups is 1. The molecule has 0 aliphatic heterocycles. The van der Waals surface area contributed by atoms with Gasteiger partial charge in [-0.15, -0.1) is 0 Å². The first kappa shape index (κ1) is 40.3. The second-order valence-electron chi connectivity index (χ2n) is 11.7. The Balaban J connectivity index is 0.000000196. The van der Waals surface area contributed by atoms with E-state index < -0.39 is 37.1 Å². The molecule has 0 aromatic heterocycles. The Morgan fingerprint density at radius 3 is 1.08 bits per heavy atom. The highest BCUT2D eigenvalue weighted by Gasteiger charge is 2.29. The van der Waals surface area contributed by atoms with Crippen LogP contribution in [0.3, 0.4) is 0 Å². The second kappa shape index (κ2) is 21.2. The summed E-state index contributed by atoms with van der Waals surface area (Å²) in [5.41, 5.74) is 9.71. The van der Waals surface area contributed by atoms with Crippen LogP contribution in [0.15, 0.2) is 97.1 Å². The summed E-state index contributed by atoms with van der Waals surface area (Å²) in [6, 6.07) is 32.9. The Labute approximate surface area is 306 Å². The van der Waals surface area contributed by atoms with Crippen LogP contribution in [0.4, 0.5) is 0 Å². The number of carbonyl (C=O) groups excluding carboxylic acids is 1. The van der Waals surface area contributed by atoms with E-state index in [4.69, 9.17) is 29.5 Å². The lowest BCUT2D eigenvalue weighted by Crippen LogP contribution is -2.19. The van der Waals surface area contributed by atoms with Gasteiger partial charge in [-0.2, -0.15) is 0 Å². The number of aliphatic carboxylic acids is 3. The fraction of sp³-hybridized carbons (Fsp3) is 0.300. The quantitative estimate of drug-likeness (QED) is 0.0881. The molecule has 0 heterocycles. The third kappa shape index (κ3) is 12.1. The summed E-state index contributed by atoms with van der Waals surface area (Å²) in [5, 5.41) is 34.1. The van der Waals surface area contributed by atoms with Gasteiger partial charge in [-0.3, -0.25) is 0 Å². The third-order valence-electron chi connectivity index (χ3n) is 8.16. The molecule has 0 unspecified atom stereocenters. The second-order valence-corrected chi connectivity index (χ2v) is 11.7. The number of carboxylic acid groups (broad SMARTS) is 3. The van der Waals surface area contributed by atoms with Crippen LogP contribution in [0.2, 0.25) is 0 Å². The van der Waals surface area contributed by atoms with Crippen molar-refractivity contribution in [3.05, 3.63) is 119 Å². The zero-order valence-corrected chi connectivity index (χ0v) is 28.9. The smallest absolute Gasteiger partial charge is 0.332 e. The number of fused-ring (bicyclic) bond motifs is 6. The molecular formula is C40H42O13. The summed E-state index contributed by atoms with van der Waals surface area (Å²) in [6.07, 6.45) is 0. The van der Waals surface area contributed by atoms with E-state index in [2.05, 4.69) is 70.1 Å². The summed E-state index contributed by atoms with van der Waals surface area (Å²) in [5.74, 6) is -3.43. The van der Waals surface area contributed by atoms with Gasteiger partial charge in [0.25, 0.3) is 0 Å². The van der Waals surface area contributed by atoms with Crippen molar-refractivity contribution in [2.24, 2.45) is 0 Å². The predicted molar refractivity (Wildman–Crippen MR) is 192 cm³/mol. The van der Waals surface area contributed by atoms with E-state index in [1.54, 1.807) is 0 Å². The molecule has 13 nitrogen and oxygen atoms in total. The molecule has 0 fully saturated rings. The molecule has 4 N–H and O–H groups in total. The molecule has 6 rings (SSSR count). The molecule has 2 aliphatic carbocycles. The Morgan fingerprint density at radius 1 is 0.453 bits per heavy atom. The Morgan fingerprint density at radius 2 is 0.755 bits per heavy atom. The molecule has 4 aromatic carbocycles. The number of aliphatic hydroxyl groups excluding tert-OH is 1. The summed E-state index contributed by atoms with van der Waals surface area (Å²) >= 11 is 0. The third-order valence-corrected chi connectivity index (χ3v) is 8.16. The van der Waals surface area contributed by atoms with E-state index in [1.807, 2.05) is 36.4 Å². The summed E-state index contributed by atoms with van der Waals surface area (Å²) in [4.78, 5) is 41.9. The van der Waals surface area contributed by atoms with Crippen LogP contribution in [-0.4, -0.2) is 110 Å². The van der Waals surface area contributed by atoms with Gasteiger partial charge >= 0.3 is 23.9 Å². The molecule has 0 saturated heterocycles. The number of hydrogen-bond donors (Lipinski definition) is 4. The first-order valence-electron chi connectivity index (χ1n) is 16.8. The number of benzene rings is 4. The van der Waals surface area contributed by atoms with Gasteiger partial charge in [-0.05, 0) is 44.5 Å². The SMILES string of the molecule is O=C(O)COCCOCC(=O)O.O=C(O)COCCOCC(=O)OCC1c2ccccc2-c2ccccc21.OCC1c2ccccc2-c2ccccc21. The Kier molecular flexibility index (Phi) is 16.1. The molecular weight excluding hydrogens is 688 g/mol. The van der Waals surface area contributed by atoms with Crippen molar-refractivity contribution in [3.8, 4) is 22.3 Å². The molecule has 13 heteroatoms. The molecule has 0 spiro atoms. The van der Waals surface area contributed by atoms with Crippen LogP contribution in [0.25, 0.3) is 22.3 Å². The topological polar surface area (TPSA) is 195 Å². The van der Waals surface area contributed by atoms with Crippen molar-refractivity contribution in [2.45, 2.75) is 11.8 Å². The van der Waals surface area contributed by atoms with Gasteiger partial charge in [0.2, 0.25) is 0 Å². The predicted octanol–water partition coefficient (Wildman–Crippen LogP) is 4.44. The molecule has 0 bridgehead atoms. The minimum Gasteiger partial charge on any atom is -0.480 e. The van der Waals surface area contributed by atoms with Crippen molar-refractivity contribution in [1.29, 1.82) is 0 Å². The average molecular weight is 731 g/mol. The maximum Gasteiger partial charge on any atom is 0.332 e. The number of ether oxygens (including phenoxy) is 5. The van der Waals surface area contributed by atoms with E-state index in [-0.39, 0.29) is 64.7 Å². The number of carbonyl (C=O) groups is 4. The van der Waals surface area contributed by atoms with Gasteiger partial charge < -0.3 is 44.1 Å². The van der Waals surface area contributed by atoms with Crippen LogP contribution in [-0.2, 0) is 42.9 Å². The van der Waals surface area contributed by atoms with E-state index >= 15 is 0 Å². The largest absolute Gasteiger partial charge is 0.480 e. The van der Waals surface area contributed by atoms with Crippen molar-refractivity contribution in [2.75, 3.05) is 66.1 Å². The highest BCUT2D eigenvalue weighted by atomic mass is 16.6. The minimum atomic E-state index is -1.06. The molecule has 2 aliphatic rings. The van der Waals surface area contributed by atoms with Gasteiger partial charge in [0.1, 0.15) is 33.0 Å². The van der Waals surface area contributed by atoms with Crippen LogP contribution < -0.4 is 0 Å². The average Bonchev–Trinajstić information content (AvgIpc) is 3.66. The summed E-state index contributed by atoms with van der Waals surface area (Å²) in [7, 11) is 0. The van der Waals surface area contributed by atoms with Gasteiger partial charge in [0.05, 0.1) is 33.0 Å². The molecule has 53 heavy (non-hydrogen) atoms. The van der Waals surface area contributed by atoms with Crippen LogP contribution in [0.1, 0.15) is 34.1 Å². The molecule has 280 valence electrons. The van der Waals surface area contributed by atoms with E-state index in [1.165, 1.54) is 33.4 Å². The fourth-order valence-electron chi connectivity index (χ4n) is 5.98. The van der Waals surface area contributed by atoms with Crippen molar-refractivity contribution in [1.82, 2.24) is 0 Å². The molecule has 0 radical (unpaired) electrons. The lowest BCUT2D eigenvalue weighted by atomic mass is 9.98. The van der Waals surface area contributed by atoms with Gasteiger partial charge in [0, 0.05) is 11.8 Å². The van der Waals surface area contributed by atoms with Crippen LogP contribution in [0, 0.1) is 0 Å². The monoisotopic (exact) mass is 730 g/mol. The van der Waals surface area contributed by atoms with E-state index in [9.17, 15) is 24.3 Å². The van der Waals surface area contributed by atoms with E-state index in [0.29, 0.717) is 0 Å². The van der Waals surface area contributed by atoms with Crippen molar-refractivity contribution in [3.63, 3.8) is 0 Å². The molecule has 4 aromatic rings. The summed E-state index contributed by atoms with van der Waals surface area (Å²) < 4.78 is 24.5. The number of rotatable bonds is 17. The maximum absolute atomic E-state index is 11.9. The summed E-state index contributed by atoms with van der Waals surface area (Å²) in [6.45, 7) is -0.493. The molecule has 0 saturated carbocycles. The first-order chi connectivity index (χ1) is 25.7. The zero-order chi connectivity index (χ0) is 38.0. The normalized spacial score (nSPS) is 12.2. The molecule has 0 atom stereocenters. The van der Waals surface area contributed by atoms with Crippen molar-refractivity contribution >= 4 is 23.9 Å². The number of hydrogen-bond acceptors (Lipinski definition) is 10. The number of carboxylic acids is 3. The number of esters is 1. The lowest BCUT2D eigenvalue weighted by Gasteiger charge is -2.14. The minimum absolute atomic E-state index is 0.0187. The Hall–Kier alpha value is -5.44. The van der Waals surface area contributed by atoms with E-state index in [0.717, 1.165) is 11.1 Å². The molecule has 0 amide bonds. The lowest BCUT2D eigenvalue weighted by molar-refractivity contribution is -0.151. The van der Waals surface area contributed by atoms with Crippen LogP contribution in [0.5, 0.6) is 0 Å². The van der Waals surface area contributed by atoms with Crippen LogP contribution >= 0.6 is 0 Å². The Bertz CT molecular complexity index is 1710. The highest BCUT2D eigenvalue weighted by Crippen LogP contribution is 2.45. The first-order valence-corrected chi connectivity index (χ1v) is 16.8. The fourth-order valence-corrected chi connectivity index (χ4v) is 5.98. The standard InChI is InChI=1S/C20H20O6.C14H12O.C6H10O6/c21-19(22)12-24-9-10-25-13-20(23)26-11-18-16-7-3-1-5-14(16)15-6-2-4-8-17(15)18;15-9-14-12-7-3-1-5-10(12)11-6-2-4-8-13(11)14;7-5(8)3-11-1-2-12-4-6(9)10/h1-8,18H,9-13H2,(H,21,22);1-8,14-15H,9H2;1-4H2,(H,7,8)(H,9,10). The van der Waals surface area contributed by atoms with Crippen molar-refractivity contribution < 1.29 is 63.3 Å². The zero-order valence-electron chi connectivity index (χ0n) is 28.9. The van der Waals surface area contributed by atoms with Gasteiger partial charge in [-0.25, -0.2) is 19.2 Å². The highest BCUT2D eigenvalue weighted by molar-refractivity contribution is 5.80. The maximum atomic E-state index is 11.9. The van der Waals surface area contributed by atoms with Gasteiger partial charge in [-0.1, -0.05) is 97.1 Å².